The zero-order chi connectivity index (χ0) is 40.4. The van der Waals surface area contributed by atoms with Crippen molar-refractivity contribution in [2.24, 2.45) is 0 Å². The van der Waals surface area contributed by atoms with E-state index in [4.69, 9.17) is 0 Å². The Morgan fingerprint density at radius 3 is 0.948 bits per heavy atom. The van der Waals surface area contributed by atoms with Crippen molar-refractivity contribution in [3.05, 3.63) is 175 Å². The monoisotopic (exact) mass is 790 g/mol. The van der Waals surface area contributed by atoms with Gasteiger partial charge in [0.1, 0.15) is 0 Å². The maximum atomic E-state index is 3.57. The van der Waals surface area contributed by atoms with Crippen molar-refractivity contribution in [3.8, 4) is 57.1 Å². The van der Waals surface area contributed by atoms with Crippen LogP contribution >= 0.6 is 22.7 Å². The molecule has 0 spiro atoms. The molecule has 0 aliphatic carbocycles. The van der Waals surface area contributed by atoms with Crippen molar-refractivity contribution in [1.82, 2.24) is 0 Å². The van der Waals surface area contributed by atoms with Crippen LogP contribution in [0, 0.1) is 47.4 Å². The molecule has 0 N–H and O–H groups in total. The molecule has 6 aromatic rings. The molecule has 0 saturated heterocycles. The van der Waals surface area contributed by atoms with Gasteiger partial charge in [0.25, 0.3) is 0 Å². The van der Waals surface area contributed by atoms with Gasteiger partial charge in [-0.2, -0.15) is 0 Å². The van der Waals surface area contributed by atoms with Gasteiger partial charge in [-0.05, 0) is 121 Å². The summed E-state index contributed by atoms with van der Waals surface area (Å²) in [5, 5.41) is 0. The molecule has 0 aliphatic heterocycles. The highest BCUT2D eigenvalue weighted by Gasteiger charge is 2.16. The van der Waals surface area contributed by atoms with Crippen molar-refractivity contribution >= 4 is 22.7 Å². The third-order valence-electron chi connectivity index (χ3n) is 10.0. The maximum Gasteiger partial charge on any atom is 0.0792 e. The van der Waals surface area contributed by atoms with Crippen molar-refractivity contribution in [2.75, 3.05) is 0 Å². The Bertz CT molecular complexity index is 2290. The minimum absolute atomic E-state index is 0.965. The predicted octanol–water partition coefficient (Wildman–Crippen LogP) is 14.4. The quantitative estimate of drug-likeness (QED) is 0.0807. The first-order valence-electron chi connectivity index (χ1n) is 21.2. The molecule has 0 radical (unpaired) electrons. The minimum Gasteiger partial charge on any atom is -0.124 e. The Labute approximate surface area is 357 Å². The van der Waals surface area contributed by atoms with Gasteiger partial charge in [0, 0.05) is 33.4 Å². The number of unbranched alkanes of at least 4 members (excludes halogenated alkanes) is 4. The number of rotatable bonds is 13. The largest absolute Gasteiger partial charge is 0.124 e. The maximum absolute atomic E-state index is 3.57. The van der Waals surface area contributed by atoms with Crippen LogP contribution in [0.15, 0.2) is 109 Å². The highest BCUT2D eigenvalue weighted by Crippen LogP contribution is 2.39. The molecular formula is C56H54S2. The van der Waals surface area contributed by atoms with Gasteiger partial charge >= 0.3 is 0 Å². The van der Waals surface area contributed by atoms with E-state index in [9.17, 15) is 0 Å². The van der Waals surface area contributed by atoms with E-state index in [1.165, 1.54) is 60.8 Å². The van der Waals surface area contributed by atoms with Crippen molar-refractivity contribution in [3.63, 3.8) is 0 Å². The molecule has 0 fully saturated rings. The molecule has 4 aromatic carbocycles. The first-order valence-corrected chi connectivity index (χ1v) is 22.9. The van der Waals surface area contributed by atoms with E-state index in [0.717, 1.165) is 91.4 Å². The fraction of sp³-hybridized carbons (Fsp3) is 0.286. The summed E-state index contributed by atoms with van der Waals surface area (Å²) in [6, 6.07) is 39.1. The SMILES string of the molecule is CCCCCc1ccc(C#Cc2cc(C#Cc3ccc(CCC)cc3)sc2-c2sc(C#Cc3ccc(CCC)cc3)cc2C#Cc2ccc(CCCCC)cc2)cc1. The Balaban J connectivity index is 1.39. The summed E-state index contributed by atoms with van der Waals surface area (Å²) in [5.41, 5.74) is 11.4. The molecule has 58 heavy (non-hydrogen) atoms. The van der Waals surface area contributed by atoms with E-state index >= 15 is 0 Å². The number of hydrogen-bond acceptors (Lipinski definition) is 2. The zero-order valence-corrected chi connectivity index (χ0v) is 36.3. The number of aryl methyl sites for hydroxylation is 4. The van der Waals surface area contributed by atoms with E-state index in [2.05, 4.69) is 184 Å². The second-order valence-corrected chi connectivity index (χ2v) is 17.0. The molecule has 0 atom stereocenters. The second kappa shape index (κ2) is 22.5. The molecule has 2 aromatic heterocycles. The molecule has 0 aliphatic rings. The minimum atomic E-state index is 0.965. The standard InChI is InChI=1S/C56H54S2/c1-5-9-11-15-45-21-29-47(30-22-45)33-37-51-41-53(39-35-49-25-17-43(13-7-3)18-26-49)57-55(51)56-52(38-34-48-31-23-46(24-32-48)16-12-10-6-2)42-54(58-56)40-36-50-27-19-44(14-8-4)20-28-50/h17-32,41-42H,5-16H2,1-4H3. The van der Waals surface area contributed by atoms with E-state index in [-0.39, 0.29) is 0 Å². The Morgan fingerprint density at radius 1 is 0.328 bits per heavy atom. The van der Waals surface area contributed by atoms with Crippen LogP contribution in [0.3, 0.4) is 0 Å². The lowest BCUT2D eigenvalue weighted by Crippen LogP contribution is -1.86. The third kappa shape index (κ3) is 12.8. The summed E-state index contributed by atoms with van der Waals surface area (Å²) in [5.74, 6) is 27.9. The number of benzene rings is 4. The molecule has 0 nitrogen and oxygen atoms in total. The van der Waals surface area contributed by atoms with Gasteiger partial charge < -0.3 is 0 Å². The van der Waals surface area contributed by atoms with Crippen molar-refractivity contribution < 1.29 is 0 Å². The Hall–Kier alpha value is -5.48. The lowest BCUT2D eigenvalue weighted by atomic mass is 10.0. The van der Waals surface area contributed by atoms with Crippen LogP contribution in [-0.4, -0.2) is 0 Å². The number of thiophene rings is 2. The first-order chi connectivity index (χ1) is 28.5. The summed E-state index contributed by atoms with van der Waals surface area (Å²) in [7, 11) is 0. The molecule has 290 valence electrons. The van der Waals surface area contributed by atoms with E-state index in [1.54, 1.807) is 22.7 Å². The fourth-order valence-corrected chi connectivity index (χ4v) is 8.82. The van der Waals surface area contributed by atoms with Crippen molar-refractivity contribution in [1.29, 1.82) is 0 Å². The van der Waals surface area contributed by atoms with Crippen LogP contribution in [0.2, 0.25) is 0 Å². The summed E-state index contributed by atoms with van der Waals surface area (Å²) in [4.78, 5) is 4.13. The molecular weight excluding hydrogens is 737 g/mol. The lowest BCUT2D eigenvalue weighted by Gasteiger charge is -2.00. The topological polar surface area (TPSA) is 0 Å². The summed E-state index contributed by atoms with van der Waals surface area (Å²) in [6.45, 7) is 8.93. The van der Waals surface area contributed by atoms with E-state index < -0.39 is 0 Å². The normalized spacial score (nSPS) is 10.3. The molecule has 2 heterocycles. The van der Waals surface area contributed by atoms with Gasteiger partial charge in [0.2, 0.25) is 0 Å². The van der Waals surface area contributed by atoms with Crippen LogP contribution < -0.4 is 0 Å². The van der Waals surface area contributed by atoms with Gasteiger partial charge in [-0.15, -0.1) is 22.7 Å². The molecule has 6 rings (SSSR count). The van der Waals surface area contributed by atoms with Gasteiger partial charge in [-0.1, -0.05) is 162 Å². The zero-order valence-electron chi connectivity index (χ0n) is 34.7. The third-order valence-corrected chi connectivity index (χ3v) is 12.3. The second-order valence-electron chi connectivity index (χ2n) is 14.9. The Kier molecular flexibility index (Phi) is 16.3. The average molecular weight is 791 g/mol. The van der Waals surface area contributed by atoms with E-state index in [0.29, 0.717) is 0 Å². The van der Waals surface area contributed by atoms with E-state index in [1.807, 2.05) is 0 Å². The van der Waals surface area contributed by atoms with Crippen LogP contribution in [0.1, 0.15) is 144 Å². The van der Waals surface area contributed by atoms with Crippen LogP contribution in [0.5, 0.6) is 0 Å². The smallest absolute Gasteiger partial charge is 0.0792 e. The lowest BCUT2D eigenvalue weighted by molar-refractivity contribution is 0.717. The highest BCUT2D eigenvalue weighted by molar-refractivity contribution is 7.23. The molecule has 0 unspecified atom stereocenters. The molecule has 0 saturated carbocycles. The van der Waals surface area contributed by atoms with Gasteiger partial charge in [-0.3, -0.25) is 0 Å². The summed E-state index contributed by atoms with van der Waals surface area (Å²) < 4.78 is 0. The van der Waals surface area contributed by atoms with Crippen molar-refractivity contribution in [2.45, 2.75) is 105 Å². The van der Waals surface area contributed by atoms with Gasteiger partial charge in [-0.25, -0.2) is 0 Å². The summed E-state index contributed by atoms with van der Waals surface area (Å²) >= 11 is 3.38. The van der Waals surface area contributed by atoms with Crippen LogP contribution in [-0.2, 0) is 25.7 Å². The van der Waals surface area contributed by atoms with Crippen LogP contribution in [0.25, 0.3) is 9.75 Å². The van der Waals surface area contributed by atoms with Gasteiger partial charge in [0.05, 0.1) is 19.5 Å². The molecule has 2 heteroatoms. The first kappa shape index (κ1) is 42.1. The average Bonchev–Trinajstić information content (AvgIpc) is 3.86. The predicted molar refractivity (Wildman–Crippen MR) is 252 cm³/mol. The Morgan fingerprint density at radius 2 is 0.638 bits per heavy atom. The summed E-state index contributed by atoms with van der Waals surface area (Å²) in [6.07, 6.45) is 14.1. The molecule has 0 bridgehead atoms. The van der Waals surface area contributed by atoms with Gasteiger partial charge in [0.15, 0.2) is 0 Å². The molecule has 0 amide bonds. The van der Waals surface area contributed by atoms with Crippen LogP contribution in [0.4, 0.5) is 0 Å². The fourth-order valence-electron chi connectivity index (χ4n) is 6.73. The highest BCUT2D eigenvalue weighted by atomic mass is 32.1. The number of hydrogen-bond donors (Lipinski definition) is 0.